The highest BCUT2D eigenvalue weighted by Crippen LogP contribution is 2.20. The lowest BCUT2D eigenvalue weighted by atomic mass is 9.79. The second kappa shape index (κ2) is 4.39. The van der Waals surface area contributed by atoms with Crippen LogP contribution in [-0.2, 0) is 0 Å². The summed E-state index contributed by atoms with van der Waals surface area (Å²) in [5.74, 6) is 0.171. The molecule has 1 aromatic rings. The first kappa shape index (κ1) is 10.9. The van der Waals surface area contributed by atoms with Gasteiger partial charge in [0.05, 0.1) is 7.11 Å². The Morgan fingerprint density at radius 3 is 2.43 bits per heavy atom. The van der Waals surface area contributed by atoms with Crippen LogP contribution in [0, 0.1) is 0 Å². The number of ether oxygens (including phenoxy) is 1. The molecule has 0 atom stereocenters. The van der Waals surface area contributed by atoms with E-state index in [1.807, 2.05) is 0 Å². The van der Waals surface area contributed by atoms with Gasteiger partial charge in [-0.05, 0) is 18.2 Å². The van der Waals surface area contributed by atoms with E-state index in [1.165, 1.54) is 19.2 Å². The summed E-state index contributed by atoms with van der Waals surface area (Å²) in [5.41, 5.74) is -0.334. The fourth-order valence-electron chi connectivity index (χ4n) is 1.09. The van der Waals surface area contributed by atoms with E-state index in [2.05, 4.69) is 0 Å². The molecule has 0 amide bonds. The molecule has 3 nitrogen and oxygen atoms in total. The van der Waals surface area contributed by atoms with Crippen LogP contribution in [0.2, 0.25) is 0 Å². The lowest BCUT2D eigenvalue weighted by molar-refractivity contribution is 0.151. The van der Waals surface area contributed by atoms with E-state index in [9.17, 15) is 8.78 Å². The minimum absolute atomic E-state index is 0.0645. The van der Waals surface area contributed by atoms with Gasteiger partial charge in [0.1, 0.15) is 5.75 Å². The van der Waals surface area contributed by atoms with E-state index >= 15 is 0 Å². The third-order valence-corrected chi connectivity index (χ3v) is 1.78. The first-order valence-corrected chi connectivity index (χ1v) is 3.88. The molecular formula is C8H9BF2O3. The molecule has 0 bridgehead atoms. The van der Waals surface area contributed by atoms with Crippen molar-refractivity contribution in [2.24, 2.45) is 0 Å². The van der Waals surface area contributed by atoms with Crippen molar-refractivity contribution in [3.63, 3.8) is 0 Å². The summed E-state index contributed by atoms with van der Waals surface area (Å²) < 4.78 is 29.3. The maximum absolute atomic E-state index is 12.2. The minimum atomic E-state index is -2.64. The van der Waals surface area contributed by atoms with Gasteiger partial charge in [0.2, 0.25) is 0 Å². The van der Waals surface area contributed by atoms with Gasteiger partial charge in [-0.1, -0.05) is 0 Å². The Labute approximate surface area is 80.1 Å². The largest absolute Gasteiger partial charge is 0.497 e. The van der Waals surface area contributed by atoms with E-state index in [4.69, 9.17) is 14.8 Å². The van der Waals surface area contributed by atoms with Gasteiger partial charge in [-0.2, -0.15) is 0 Å². The van der Waals surface area contributed by atoms with Crippen molar-refractivity contribution in [3.8, 4) is 5.75 Å². The third kappa shape index (κ3) is 2.21. The Balaban J connectivity index is 3.14. The number of methoxy groups -OCH3 is 1. The minimum Gasteiger partial charge on any atom is -0.497 e. The standard InChI is InChI=1S/C8H9BF2O3/c1-14-7-3-2-5(8(10)11)4-6(7)9(12)13/h2-4,8,12-13H,1H3. The maximum atomic E-state index is 12.2. The molecule has 2 N–H and O–H groups in total. The Bertz CT molecular complexity index is 317. The topological polar surface area (TPSA) is 49.7 Å². The average molecular weight is 202 g/mol. The highest BCUT2D eigenvalue weighted by atomic mass is 19.3. The molecule has 0 spiro atoms. The van der Waals surface area contributed by atoms with E-state index < -0.39 is 13.5 Å². The number of halogens is 2. The molecule has 6 heteroatoms. The Hall–Kier alpha value is -1.14. The summed E-state index contributed by atoms with van der Waals surface area (Å²) in [6, 6.07) is 3.46. The fraction of sp³-hybridized carbons (Fsp3) is 0.250. The van der Waals surface area contributed by atoms with Crippen LogP contribution in [-0.4, -0.2) is 24.3 Å². The average Bonchev–Trinajstić information content (AvgIpc) is 2.16. The Kier molecular flexibility index (Phi) is 3.43. The number of benzene rings is 1. The molecule has 1 rings (SSSR count). The molecule has 0 heterocycles. The molecular weight excluding hydrogens is 193 g/mol. The summed E-state index contributed by atoms with van der Waals surface area (Å²) >= 11 is 0. The summed E-state index contributed by atoms with van der Waals surface area (Å²) in [6.45, 7) is 0. The predicted molar refractivity (Wildman–Crippen MR) is 47.8 cm³/mol. The van der Waals surface area contributed by atoms with Crippen molar-refractivity contribution in [3.05, 3.63) is 23.8 Å². The zero-order valence-corrected chi connectivity index (χ0v) is 7.45. The third-order valence-electron chi connectivity index (χ3n) is 1.78. The number of hydrogen-bond donors (Lipinski definition) is 2. The normalized spacial score (nSPS) is 10.4. The first-order chi connectivity index (χ1) is 6.56. The van der Waals surface area contributed by atoms with Gasteiger partial charge in [-0.15, -0.1) is 0 Å². The van der Waals surface area contributed by atoms with Gasteiger partial charge in [0.25, 0.3) is 6.43 Å². The second-order valence-corrected chi connectivity index (χ2v) is 2.68. The number of hydrogen-bond acceptors (Lipinski definition) is 3. The van der Waals surface area contributed by atoms with Crippen molar-refractivity contribution < 1.29 is 23.6 Å². The second-order valence-electron chi connectivity index (χ2n) is 2.68. The van der Waals surface area contributed by atoms with E-state index in [0.29, 0.717) is 0 Å². The molecule has 0 fully saturated rings. The lowest BCUT2D eigenvalue weighted by Gasteiger charge is -2.09. The van der Waals surface area contributed by atoms with E-state index in [-0.39, 0.29) is 16.8 Å². The maximum Gasteiger partial charge on any atom is 0.492 e. The molecule has 0 radical (unpaired) electrons. The van der Waals surface area contributed by atoms with Gasteiger partial charge < -0.3 is 14.8 Å². The smallest absolute Gasteiger partial charge is 0.492 e. The fourth-order valence-corrected chi connectivity index (χ4v) is 1.09. The molecule has 0 aliphatic rings. The zero-order valence-electron chi connectivity index (χ0n) is 7.45. The number of alkyl halides is 2. The van der Waals surface area contributed by atoms with Crippen LogP contribution in [0.25, 0.3) is 0 Å². The summed E-state index contributed by atoms with van der Waals surface area (Å²) in [5, 5.41) is 17.7. The molecule has 76 valence electrons. The van der Waals surface area contributed by atoms with Crippen LogP contribution in [0.5, 0.6) is 5.75 Å². The quantitative estimate of drug-likeness (QED) is 0.693. The van der Waals surface area contributed by atoms with E-state index in [0.717, 1.165) is 6.07 Å². The molecule has 0 saturated heterocycles. The van der Waals surface area contributed by atoms with Crippen LogP contribution in [0.15, 0.2) is 18.2 Å². The molecule has 0 aromatic heterocycles. The summed E-state index contributed by atoms with van der Waals surface area (Å²) in [6.07, 6.45) is -2.64. The SMILES string of the molecule is COc1ccc(C(F)F)cc1B(O)O. The molecule has 0 aliphatic heterocycles. The van der Waals surface area contributed by atoms with Crippen molar-refractivity contribution in [2.75, 3.05) is 7.11 Å². The Morgan fingerprint density at radius 1 is 1.36 bits per heavy atom. The van der Waals surface area contributed by atoms with Crippen molar-refractivity contribution >= 4 is 12.6 Å². The van der Waals surface area contributed by atoms with Crippen molar-refractivity contribution in [1.29, 1.82) is 0 Å². The van der Waals surface area contributed by atoms with Crippen LogP contribution >= 0.6 is 0 Å². The van der Waals surface area contributed by atoms with Gasteiger partial charge in [-0.3, -0.25) is 0 Å². The monoisotopic (exact) mass is 202 g/mol. The molecule has 0 saturated carbocycles. The van der Waals surface area contributed by atoms with Gasteiger partial charge >= 0.3 is 7.12 Å². The summed E-state index contributed by atoms with van der Waals surface area (Å²) in [7, 11) is -0.493. The lowest BCUT2D eigenvalue weighted by Crippen LogP contribution is -2.31. The predicted octanol–water partition coefficient (Wildman–Crippen LogP) is 0.313. The number of rotatable bonds is 3. The molecule has 0 aliphatic carbocycles. The molecule has 1 aromatic carbocycles. The molecule has 14 heavy (non-hydrogen) atoms. The van der Waals surface area contributed by atoms with Crippen molar-refractivity contribution in [2.45, 2.75) is 6.43 Å². The highest BCUT2D eigenvalue weighted by molar-refractivity contribution is 6.59. The zero-order chi connectivity index (χ0) is 10.7. The summed E-state index contributed by atoms with van der Waals surface area (Å²) in [4.78, 5) is 0. The molecule has 0 unspecified atom stereocenters. The van der Waals surface area contributed by atoms with Crippen LogP contribution in [0.3, 0.4) is 0 Å². The Morgan fingerprint density at radius 2 is 2.00 bits per heavy atom. The highest BCUT2D eigenvalue weighted by Gasteiger charge is 2.19. The first-order valence-electron chi connectivity index (χ1n) is 3.88. The van der Waals surface area contributed by atoms with Crippen molar-refractivity contribution in [1.82, 2.24) is 0 Å². The van der Waals surface area contributed by atoms with Crippen LogP contribution in [0.4, 0.5) is 8.78 Å². The van der Waals surface area contributed by atoms with Crippen LogP contribution < -0.4 is 10.2 Å². The van der Waals surface area contributed by atoms with Gasteiger partial charge in [0.15, 0.2) is 0 Å². The van der Waals surface area contributed by atoms with Gasteiger partial charge in [0, 0.05) is 11.0 Å². The van der Waals surface area contributed by atoms with Crippen LogP contribution in [0.1, 0.15) is 12.0 Å². The van der Waals surface area contributed by atoms with E-state index in [1.54, 1.807) is 0 Å². The van der Waals surface area contributed by atoms with Gasteiger partial charge in [-0.25, -0.2) is 8.78 Å².